The Labute approximate surface area is 192 Å². The third kappa shape index (κ3) is 5.05. The molecule has 3 aromatic rings. The lowest BCUT2D eigenvalue weighted by atomic mass is 10.1. The molecule has 0 spiro atoms. The molecule has 0 fully saturated rings. The van der Waals surface area contributed by atoms with Crippen molar-refractivity contribution in [2.45, 2.75) is 27.0 Å². The van der Waals surface area contributed by atoms with E-state index in [2.05, 4.69) is 15.0 Å². The van der Waals surface area contributed by atoms with E-state index < -0.39 is 13.7 Å². The molecule has 0 N–H and O–H groups in total. The lowest BCUT2D eigenvalue weighted by Gasteiger charge is -2.21. The maximum absolute atomic E-state index is 6.19. The monoisotopic (exact) mass is 497 g/mol. The summed E-state index contributed by atoms with van der Waals surface area (Å²) in [7, 11) is 0. The molecular formula is C18H13Cl6N3O. The zero-order valence-electron chi connectivity index (χ0n) is 14.3. The summed E-state index contributed by atoms with van der Waals surface area (Å²) in [5.41, 5.74) is 0. The fraction of sp³-hybridized carbons (Fsp3) is 0.278. The molecule has 0 aliphatic carbocycles. The van der Waals surface area contributed by atoms with Crippen molar-refractivity contribution in [3.05, 3.63) is 59.9 Å². The van der Waals surface area contributed by atoms with E-state index in [1.165, 1.54) is 0 Å². The van der Waals surface area contributed by atoms with Crippen LogP contribution in [0.4, 0.5) is 0 Å². The number of rotatable bonds is 4. The summed E-state index contributed by atoms with van der Waals surface area (Å²) in [5, 5.41) is 1.98. The van der Waals surface area contributed by atoms with Gasteiger partial charge in [0.15, 0.2) is 23.6 Å². The summed E-state index contributed by atoms with van der Waals surface area (Å²) in [4.78, 5) is 12.5. The number of alkyl halides is 6. The number of aromatic nitrogens is 3. The van der Waals surface area contributed by atoms with Crippen LogP contribution >= 0.6 is 69.6 Å². The summed E-state index contributed by atoms with van der Waals surface area (Å²) in [6.45, 7) is 1.91. The Balaban J connectivity index is 2.06. The molecule has 3 rings (SSSR count). The predicted molar refractivity (Wildman–Crippen MR) is 116 cm³/mol. The normalized spacial score (nSPS) is 13.5. The molecule has 1 unspecified atom stereocenters. The third-order valence-electron chi connectivity index (χ3n) is 3.84. The maximum Gasteiger partial charge on any atom is 0.250 e. The van der Waals surface area contributed by atoms with E-state index in [0.717, 1.165) is 10.8 Å². The zero-order chi connectivity index (χ0) is 20.5. The van der Waals surface area contributed by atoms with Crippen molar-refractivity contribution in [2.24, 2.45) is 0 Å². The molecule has 0 amide bonds. The van der Waals surface area contributed by atoms with E-state index in [0.29, 0.717) is 12.2 Å². The Hall–Kier alpha value is -0.750. The van der Waals surface area contributed by atoms with Crippen molar-refractivity contribution >= 4 is 80.4 Å². The zero-order valence-corrected chi connectivity index (χ0v) is 18.9. The number of nitrogens with zero attached hydrogens (tertiary/aromatic N) is 3. The van der Waals surface area contributed by atoms with Crippen LogP contribution in [0.15, 0.2) is 42.5 Å². The Kier molecular flexibility index (Phi) is 6.70. The molecule has 0 bridgehead atoms. The van der Waals surface area contributed by atoms with Crippen LogP contribution in [0.2, 0.25) is 0 Å². The molecule has 0 aliphatic rings. The quantitative estimate of drug-likeness (QED) is 0.356. The fourth-order valence-corrected chi connectivity index (χ4v) is 3.07. The summed E-state index contributed by atoms with van der Waals surface area (Å²) in [5.74, 6) is 0.567. The van der Waals surface area contributed by atoms with Gasteiger partial charge in [0.05, 0.1) is 0 Å². The average molecular weight is 500 g/mol. The number of fused-ring (bicyclic) bond motifs is 1. The van der Waals surface area contributed by atoms with Gasteiger partial charge >= 0.3 is 0 Å². The first-order valence-corrected chi connectivity index (χ1v) is 10.4. The first-order valence-electron chi connectivity index (χ1n) is 8.14. The Bertz CT molecular complexity index is 949. The van der Waals surface area contributed by atoms with E-state index in [9.17, 15) is 0 Å². The second-order valence-corrected chi connectivity index (χ2v) is 10.4. The highest BCUT2D eigenvalue weighted by Crippen LogP contribution is 2.41. The minimum Gasteiger partial charge on any atom is -0.482 e. The number of ether oxygens (including phenoxy) is 1. The van der Waals surface area contributed by atoms with Crippen molar-refractivity contribution in [2.75, 3.05) is 0 Å². The lowest BCUT2D eigenvalue weighted by Crippen LogP contribution is -2.21. The number of hydrogen-bond acceptors (Lipinski definition) is 4. The molecule has 1 heterocycles. The minimum absolute atomic E-state index is 0.149. The van der Waals surface area contributed by atoms with Crippen LogP contribution in [-0.4, -0.2) is 15.0 Å². The molecular weight excluding hydrogens is 487 g/mol. The summed E-state index contributed by atoms with van der Waals surface area (Å²) in [6, 6.07) is 13.6. The van der Waals surface area contributed by atoms with E-state index in [1.54, 1.807) is 0 Å². The van der Waals surface area contributed by atoms with Gasteiger partial charge < -0.3 is 4.74 Å². The van der Waals surface area contributed by atoms with Crippen molar-refractivity contribution in [3.8, 4) is 5.75 Å². The first kappa shape index (κ1) is 21.9. The predicted octanol–water partition coefficient (Wildman–Crippen LogP) is 7.21. The second kappa shape index (κ2) is 8.55. The van der Waals surface area contributed by atoms with Crippen LogP contribution in [0.3, 0.4) is 0 Å². The molecule has 1 aromatic heterocycles. The Morgan fingerprint density at radius 2 is 1.39 bits per heavy atom. The van der Waals surface area contributed by atoms with Crippen LogP contribution in [0.25, 0.3) is 10.8 Å². The van der Waals surface area contributed by atoms with Gasteiger partial charge in [-0.1, -0.05) is 113 Å². The topological polar surface area (TPSA) is 47.9 Å². The molecule has 28 heavy (non-hydrogen) atoms. The van der Waals surface area contributed by atoms with Gasteiger partial charge in [-0.25, -0.2) is 15.0 Å². The summed E-state index contributed by atoms with van der Waals surface area (Å²) < 4.78 is 2.35. The van der Waals surface area contributed by atoms with Gasteiger partial charge in [-0.15, -0.1) is 0 Å². The van der Waals surface area contributed by atoms with Gasteiger partial charge in [0.2, 0.25) is 7.59 Å². The van der Waals surface area contributed by atoms with E-state index in [-0.39, 0.29) is 17.5 Å². The van der Waals surface area contributed by atoms with Gasteiger partial charge in [-0.2, -0.15) is 0 Å². The van der Waals surface area contributed by atoms with Crippen molar-refractivity contribution < 1.29 is 4.74 Å². The molecule has 2 aromatic carbocycles. The standard InChI is InChI=1S/C18H13Cl6N3O/c1-2-12(28-13-9-5-7-10-6-3-4-8-11(10)13)14-25-15(17(19,20)21)27-16(26-14)18(22,23)24/h3-9,12H,2H2,1H3. The maximum atomic E-state index is 6.19. The smallest absolute Gasteiger partial charge is 0.250 e. The third-order valence-corrected chi connectivity index (χ3v) is 4.85. The van der Waals surface area contributed by atoms with Gasteiger partial charge in [0, 0.05) is 5.39 Å². The van der Waals surface area contributed by atoms with Crippen LogP contribution in [0, 0.1) is 0 Å². The highest BCUT2D eigenvalue weighted by atomic mass is 35.6. The van der Waals surface area contributed by atoms with Gasteiger partial charge in [0.1, 0.15) is 5.75 Å². The highest BCUT2D eigenvalue weighted by Gasteiger charge is 2.35. The minimum atomic E-state index is -1.92. The molecule has 4 nitrogen and oxygen atoms in total. The van der Waals surface area contributed by atoms with E-state index in [4.69, 9.17) is 74.3 Å². The highest BCUT2D eigenvalue weighted by molar-refractivity contribution is 6.67. The van der Waals surface area contributed by atoms with E-state index >= 15 is 0 Å². The number of halogens is 6. The number of benzene rings is 2. The van der Waals surface area contributed by atoms with Crippen LogP contribution < -0.4 is 4.74 Å². The molecule has 0 saturated heterocycles. The number of hydrogen-bond donors (Lipinski definition) is 0. The Morgan fingerprint density at radius 1 is 0.821 bits per heavy atom. The van der Waals surface area contributed by atoms with Crippen LogP contribution in [0.5, 0.6) is 5.75 Å². The fourth-order valence-electron chi connectivity index (χ4n) is 2.56. The molecule has 0 aliphatic heterocycles. The summed E-state index contributed by atoms with van der Waals surface area (Å²) in [6.07, 6.45) is -0.0581. The first-order chi connectivity index (χ1) is 13.1. The van der Waals surface area contributed by atoms with Crippen molar-refractivity contribution in [1.82, 2.24) is 15.0 Å². The average Bonchev–Trinajstić information content (AvgIpc) is 2.64. The van der Waals surface area contributed by atoms with Crippen molar-refractivity contribution in [1.29, 1.82) is 0 Å². The summed E-state index contributed by atoms with van der Waals surface area (Å²) >= 11 is 35.7. The largest absolute Gasteiger partial charge is 0.482 e. The second-order valence-electron chi connectivity index (χ2n) is 5.83. The molecule has 10 heteroatoms. The molecule has 148 valence electrons. The van der Waals surface area contributed by atoms with Gasteiger partial charge in [0.25, 0.3) is 0 Å². The lowest BCUT2D eigenvalue weighted by molar-refractivity contribution is 0.192. The van der Waals surface area contributed by atoms with Gasteiger partial charge in [-0.3, -0.25) is 0 Å². The molecule has 0 saturated carbocycles. The Morgan fingerprint density at radius 3 is 1.96 bits per heavy atom. The molecule has 1 atom stereocenters. The SMILES string of the molecule is CCC(Oc1cccc2ccccc12)c1nc(C(Cl)(Cl)Cl)nc(C(Cl)(Cl)Cl)n1. The van der Waals surface area contributed by atoms with Crippen molar-refractivity contribution in [3.63, 3.8) is 0 Å². The van der Waals surface area contributed by atoms with E-state index in [1.807, 2.05) is 49.4 Å². The van der Waals surface area contributed by atoms with Crippen LogP contribution in [-0.2, 0) is 7.59 Å². The molecule has 0 radical (unpaired) electrons. The van der Waals surface area contributed by atoms with Gasteiger partial charge in [-0.05, 0) is 17.9 Å². The van der Waals surface area contributed by atoms with Crippen LogP contribution in [0.1, 0.15) is 36.9 Å².